The molecule has 6 nitrogen and oxygen atoms in total. The Labute approximate surface area is 159 Å². The molecule has 144 valence electrons. The van der Waals surface area contributed by atoms with Crippen LogP contribution in [0.15, 0.2) is 30.3 Å². The fraction of sp³-hybridized carbons (Fsp3) is 0.333. The second kappa shape index (κ2) is 8.58. The van der Waals surface area contributed by atoms with E-state index in [-0.39, 0.29) is 17.4 Å². The van der Waals surface area contributed by atoms with Crippen LogP contribution >= 0.6 is 0 Å². The van der Waals surface area contributed by atoms with E-state index in [1.165, 1.54) is 0 Å². The number of aryl methyl sites for hydroxylation is 3. The number of carbonyl (C=O) groups excluding carboxylic acids is 2. The summed E-state index contributed by atoms with van der Waals surface area (Å²) in [5, 5.41) is 10.2. The number of phenols is 1. The lowest BCUT2D eigenvalue weighted by molar-refractivity contribution is 0.0845. The standard InChI is InChI=1S/C21H26N2O4/c1-6-15-9-13(4)10-17(19(15)24)21(26)23-22-20(25)16-7-8-18(14(5)11-16)27-12(2)3/h7-12,24H,6H2,1-5H3,(H,22,25)(H,23,26). The Morgan fingerprint density at radius 2 is 1.74 bits per heavy atom. The summed E-state index contributed by atoms with van der Waals surface area (Å²) in [6.07, 6.45) is 0.641. The lowest BCUT2D eigenvalue weighted by atomic mass is 10.0. The third-order valence-electron chi connectivity index (χ3n) is 4.05. The largest absolute Gasteiger partial charge is 0.507 e. The number of rotatable bonds is 5. The molecule has 27 heavy (non-hydrogen) atoms. The molecule has 2 aromatic rings. The zero-order chi connectivity index (χ0) is 20.1. The minimum absolute atomic E-state index is 0.0395. The molecule has 2 amide bonds. The van der Waals surface area contributed by atoms with Crippen molar-refractivity contribution in [1.29, 1.82) is 0 Å². The molecule has 3 N–H and O–H groups in total. The van der Waals surface area contributed by atoms with E-state index in [0.29, 0.717) is 23.3 Å². The Hall–Kier alpha value is -3.02. The molecule has 0 aliphatic heterocycles. The van der Waals surface area contributed by atoms with Crippen LogP contribution in [0.2, 0.25) is 0 Å². The molecule has 0 aromatic heterocycles. The van der Waals surface area contributed by atoms with E-state index in [1.807, 2.05) is 40.7 Å². The number of nitrogens with one attached hydrogen (secondary N) is 2. The summed E-state index contributed by atoms with van der Waals surface area (Å²) in [4.78, 5) is 24.7. The lowest BCUT2D eigenvalue weighted by Crippen LogP contribution is -2.41. The molecule has 2 aromatic carbocycles. The summed E-state index contributed by atoms with van der Waals surface area (Å²) in [5.41, 5.74) is 7.62. The number of benzene rings is 2. The topological polar surface area (TPSA) is 87.7 Å². The van der Waals surface area contributed by atoms with E-state index in [2.05, 4.69) is 10.9 Å². The van der Waals surface area contributed by atoms with Crippen LogP contribution in [0.1, 0.15) is 58.2 Å². The first kappa shape index (κ1) is 20.3. The van der Waals surface area contributed by atoms with Gasteiger partial charge in [-0.05, 0) is 75.1 Å². The summed E-state index contributed by atoms with van der Waals surface area (Å²) >= 11 is 0. The molecule has 0 atom stereocenters. The molecule has 6 heteroatoms. The van der Waals surface area contributed by atoms with Gasteiger partial charge in [-0.1, -0.05) is 13.0 Å². The van der Waals surface area contributed by atoms with Gasteiger partial charge in [-0.15, -0.1) is 0 Å². The van der Waals surface area contributed by atoms with Crippen LogP contribution in [-0.2, 0) is 6.42 Å². The van der Waals surface area contributed by atoms with Crippen LogP contribution < -0.4 is 15.6 Å². The van der Waals surface area contributed by atoms with Gasteiger partial charge in [0.05, 0.1) is 11.7 Å². The van der Waals surface area contributed by atoms with E-state index < -0.39 is 11.8 Å². The van der Waals surface area contributed by atoms with Crippen LogP contribution in [0.3, 0.4) is 0 Å². The number of hydrogen-bond donors (Lipinski definition) is 3. The first-order valence-electron chi connectivity index (χ1n) is 8.93. The molecule has 0 spiro atoms. The summed E-state index contributed by atoms with van der Waals surface area (Å²) in [6, 6.07) is 8.46. The van der Waals surface area contributed by atoms with Gasteiger partial charge in [0.2, 0.25) is 0 Å². The number of hydrazine groups is 1. The minimum Gasteiger partial charge on any atom is -0.507 e. The number of phenolic OH excluding ortho intramolecular Hbond substituents is 1. The molecule has 0 unspecified atom stereocenters. The van der Waals surface area contributed by atoms with E-state index >= 15 is 0 Å². The van der Waals surface area contributed by atoms with Crippen LogP contribution in [-0.4, -0.2) is 23.0 Å². The number of amides is 2. The molecule has 0 aliphatic carbocycles. The highest BCUT2D eigenvalue weighted by atomic mass is 16.5. The van der Waals surface area contributed by atoms with Gasteiger partial charge in [0.15, 0.2) is 0 Å². The molecule has 0 fully saturated rings. The number of carbonyl (C=O) groups is 2. The van der Waals surface area contributed by atoms with Crippen molar-refractivity contribution < 1.29 is 19.4 Å². The van der Waals surface area contributed by atoms with Crippen molar-refractivity contribution in [1.82, 2.24) is 10.9 Å². The Kier molecular flexibility index (Phi) is 6.45. The van der Waals surface area contributed by atoms with Crippen molar-refractivity contribution in [3.63, 3.8) is 0 Å². The fourth-order valence-corrected chi connectivity index (χ4v) is 2.73. The highest BCUT2D eigenvalue weighted by Gasteiger charge is 2.16. The van der Waals surface area contributed by atoms with Crippen LogP contribution in [0.4, 0.5) is 0 Å². The van der Waals surface area contributed by atoms with Crippen molar-refractivity contribution in [2.75, 3.05) is 0 Å². The quantitative estimate of drug-likeness (QED) is 0.704. The van der Waals surface area contributed by atoms with Crippen molar-refractivity contribution in [3.05, 3.63) is 58.1 Å². The van der Waals surface area contributed by atoms with E-state index in [0.717, 1.165) is 11.1 Å². The maximum atomic E-state index is 12.4. The molecule has 0 saturated heterocycles. The van der Waals surface area contributed by atoms with Crippen molar-refractivity contribution in [2.24, 2.45) is 0 Å². The first-order valence-corrected chi connectivity index (χ1v) is 8.93. The number of aromatic hydroxyl groups is 1. The van der Waals surface area contributed by atoms with E-state index in [1.54, 1.807) is 24.3 Å². The summed E-state index contributed by atoms with van der Waals surface area (Å²) in [6.45, 7) is 9.45. The maximum Gasteiger partial charge on any atom is 0.273 e. The second-order valence-corrected chi connectivity index (χ2v) is 6.73. The van der Waals surface area contributed by atoms with Gasteiger partial charge in [-0.25, -0.2) is 0 Å². The van der Waals surface area contributed by atoms with E-state index in [9.17, 15) is 14.7 Å². The van der Waals surface area contributed by atoms with Gasteiger partial charge in [-0.3, -0.25) is 20.4 Å². The lowest BCUT2D eigenvalue weighted by Gasteiger charge is -2.14. The van der Waals surface area contributed by atoms with Gasteiger partial charge in [0, 0.05) is 5.56 Å². The third-order valence-corrected chi connectivity index (χ3v) is 4.05. The molecule has 0 aliphatic rings. The highest BCUT2D eigenvalue weighted by molar-refractivity contribution is 6.00. The summed E-state index contributed by atoms with van der Waals surface area (Å²) in [7, 11) is 0. The van der Waals surface area contributed by atoms with Crippen molar-refractivity contribution in [3.8, 4) is 11.5 Å². The molecule has 0 bridgehead atoms. The zero-order valence-corrected chi connectivity index (χ0v) is 16.3. The van der Waals surface area contributed by atoms with Crippen molar-refractivity contribution in [2.45, 2.75) is 47.1 Å². The Morgan fingerprint density at radius 1 is 1.07 bits per heavy atom. The average Bonchev–Trinajstić information content (AvgIpc) is 2.62. The van der Waals surface area contributed by atoms with Gasteiger partial charge < -0.3 is 9.84 Å². The van der Waals surface area contributed by atoms with Crippen LogP contribution in [0.25, 0.3) is 0 Å². The van der Waals surface area contributed by atoms with Crippen LogP contribution in [0.5, 0.6) is 11.5 Å². The van der Waals surface area contributed by atoms with Gasteiger partial charge >= 0.3 is 0 Å². The highest BCUT2D eigenvalue weighted by Crippen LogP contribution is 2.25. The fourth-order valence-electron chi connectivity index (χ4n) is 2.73. The normalized spacial score (nSPS) is 10.6. The Morgan fingerprint density at radius 3 is 2.33 bits per heavy atom. The Bertz CT molecular complexity index is 860. The molecular formula is C21H26N2O4. The number of hydrogen-bond acceptors (Lipinski definition) is 4. The monoisotopic (exact) mass is 370 g/mol. The molecule has 0 radical (unpaired) electrons. The van der Waals surface area contributed by atoms with E-state index in [4.69, 9.17) is 4.74 Å². The minimum atomic E-state index is -0.573. The second-order valence-electron chi connectivity index (χ2n) is 6.73. The SMILES string of the molecule is CCc1cc(C)cc(C(=O)NNC(=O)c2ccc(OC(C)C)c(C)c2)c1O. The molecular weight excluding hydrogens is 344 g/mol. The summed E-state index contributed by atoms with van der Waals surface area (Å²) < 4.78 is 5.65. The molecule has 2 rings (SSSR count). The third kappa shape index (κ3) is 5.00. The number of ether oxygens (including phenoxy) is 1. The van der Waals surface area contributed by atoms with Gasteiger partial charge in [-0.2, -0.15) is 0 Å². The first-order chi connectivity index (χ1) is 12.7. The summed E-state index contributed by atoms with van der Waals surface area (Å²) in [5.74, 6) is -0.385. The van der Waals surface area contributed by atoms with Gasteiger partial charge in [0.1, 0.15) is 11.5 Å². The molecule has 0 heterocycles. The molecule has 0 saturated carbocycles. The van der Waals surface area contributed by atoms with Crippen molar-refractivity contribution >= 4 is 11.8 Å². The van der Waals surface area contributed by atoms with Gasteiger partial charge in [0.25, 0.3) is 11.8 Å². The average molecular weight is 370 g/mol. The van der Waals surface area contributed by atoms with Crippen LogP contribution in [0, 0.1) is 13.8 Å². The predicted octanol–water partition coefficient (Wildman–Crippen LogP) is 3.43. The smallest absolute Gasteiger partial charge is 0.273 e. The maximum absolute atomic E-state index is 12.4. The zero-order valence-electron chi connectivity index (χ0n) is 16.3. The Balaban J connectivity index is 2.08. The predicted molar refractivity (Wildman–Crippen MR) is 104 cm³/mol.